The Bertz CT molecular complexity index is 552. The van der Waals surface area contributed by atoms with Crippen LogP contribution in [0.2, 0.25) is 0 Å². The van der Waals surface area contributed by atoms with Crippen LogP contribution >= 0.6 is 23.1 Å². The van der Waals surface area contributed by atoms with E-state index in [-0.39, 0.29) is 0 Å². The second kappa shape index (κ2) is 5.64. The summed E-state index contributed by atoms with van der Waals surface area (Å²) in [4.78, 5) is 4.22. The minimum Gasteiger partial charge on any atom is -0.339 e. The molecule has 1 aliphatic rings. The van der Waals surface area contributed by atoms with Gasteiger partial charge in [0.1, 0.15) is 0 Å². The van der Waals surface area contributed by atoms with Gasteiger partial charge in [-0.2, -0.15) is 4.98 Å². The minimum atomic E-state index is 0.460. The molecule has 4 nitrogen and oxygen atoms in total. The highest BCUT2D eigenvalue weighted by atomic mass is 32.2. The van der Waals surface area contributed by atoms with Crippen LogP contribution in [-0.2, 0) is 6.42 Å². The van der Waals surface area contributed by atoms with Crippen molar-refractivity contribution in [3.63, 3.8) is 0 Å². The second-order valence-corrected chi connectivity index (χ2v) is 7.44. The van der Waals surface area contributed by atoms with Crippen LogP contribution in [0.15, 0.2) is 20.2 Å². The summed E-state index contributed by atoms with van der Waals surface area (Å²) in [5.41, 5.74) is 1.45. The van der Waals surface area contributed by atoms with E-state index in [2.05, 4.69) is 33.8 Å². The van der Waals surface area contributed by atoms with Crippen molar-refractivity contribution in [3.8, 4) is 0 Å². The van der Waals surface area contributed by atoms with E-state index in [0.717, 1.165) is 13.0 Å². The smallest absolute Gasteiger partial charge is 0.227 e. The van der Waals surface area contributed by atoms with Gasteiger partial charge >= 0.3 is 0 Å². The van der Waals surface area contributed by atoms with Crippen molar-refractivity contribution in [1.29, 1.82) is 0 Å². The lowest BCUT2D eigenvalue weighted by Crippen LogP contribution is -2.28. The zero-order valence-electron chi connectivity index (χ0n) is 11.0. The standard InChI is InChI=1S/C13H17N3OS2/c1-8-7-11(10-4-6-18-13(10)19-8)14-5-3-12-15-9(2)16-17-12/h4,6,8,11,14H,3,5,7H2,1-2H3/t8-,11?/m0/s1. The van der Waals surface area contributed by atoms with Crippen molar-refractivity contribution < 1.29 is 4.52 Å². The lowest BCUT2D eigenvalue weighted by Gasteiger charge is -2.27. The number of aromatic nitrogens is 2. The molecule has 2 aromatic heterocycles. The summed E-state index contributed by atoms with van der Waals surface area (Å²) >= 11 is 3.84. The van der Waals surface area contributed by atoms with Crippen LogP contribution in [0.5, 0.6) is 0 Å². The van der Waals surface area contributed by atoms with Crippen LogP contribution in [0.4, 0.5) is 0 Å². The fourth-order valence-electron chi connectivity index (χ4n) is 2.34. The van der Waals surface area contributed by atoms with E-state index in [1.165, 1.54) is 16.2 Å². The summed E-state index contributed by atoms with van der Waals surface area (Å²) in [7, 11) is 0. The van der Waals surface area contributed by atoms with Crippen LogP contribution in [0.1, 0.15) is 36.7 Å². The van der Waals surface area contributed by atoms with Crippen molar-refractivity contribution >= 4 is 23.1 Å². The molecule has 102 valence electrons. The van der Waals surface area contributed by atoms with E-state index in [1.54, 1.807) is 0 Å². The maximum absolute atomic E-state index is 5.13. The number of rotatable bonds is 4. The van der Waals surface area contributed by atoms with Gasteiger partial charge in [0.15, 0.2) is 5.82 Å². The average Bonchev–Trinajstić information content (AvgIpc) is 2.98. The molecule has 0 aromatic carbocycles. The number of nitrogens with zero attached hydrogens (tertiary/aromatic N) is 2. The summed E-state index contributed by atoms with van der Waals surface area (Å²) in [6.45, 7) is 5.01. The topological polar surface area (TPSA) is 51.0 Å². The monoisotopic (exact) mass is 295 g/mol. The number of nitrogens with one attached hydrogen (secondary N) is 1. The van der Waals surface area contributed by atoms with E-state index in [9.17, 15) is 0 Å². The van der Waals surface area contributed by atoms with Crippen molar-refractivity contribution in [3.05, 3.63) is 28.7 Å². The van der Waals surface area contributed by atoms with Gasteiger partial charge in [-0.1, -0.05) is 12.1 Å². The highest BCUT2D eigenvalue weighted by Gasteiger charge is 2.25. The molecule has 0 fully saturated rings. The molecule has 3 rings (SSSR count). The van der Waals surface area contributed by atoms with Gasteiger partial charge in [-0.15, -0.1) is 23.1 Å². The molecule has 1 aliphatic heterocycles. The molecule has 6 heteroatoms. The normalized spacial score (nSPS) is 22.4. The lowest BCUT2D eigenvalue weighted by atomic mass is 10.0. The van der Waals surface area contributed by atoms with Gasteiger partial charge in [-0.25, -0.2) is 0 Å². The van der Waals surface area contributed by atoms with E-state index in [1.807, 2.05) is 30.0 Å². The van der Waals surface area contributed by atoms with E-state index >= 15 is 0 Å². The van der Waals surface area contributed by atoms with E-state index < -0.39 is 0 Å². The first-order valence-electron chi connectivity index (χ1n) is 6.49. The number of thiophene rings is 1. The molecule has 0 aliphatic carbocycles. The van der Waals surface area contributed by atoms with Crippen LogP contribution in [0.25, 0.3) is 0 Å². The summed E-state index contributed by atoms with van der Waals surface area (Å²) in [5.74, 6) is 1.42. The summed E-state index contributed by atoms with van der Waals surface area (Å²) in [5, 5.41) is 10.3. The molecule has 0 saturated carbocycles. The Morgan fingerprint density at radius 3 is 3.21 bits per heavy atom. The molecule has 2 atom stereocenters. The molecular formula is C13H17N3OS2. The largest absolute Gasteiger partial charge is 0.339 e. The number of fused-ring (bicyclic) bond motifs is 1. The molecule has 0 amide bonds. The quantitative estimate of drug-likeness (QED) is 0.938. The van der Waals surface area contributed by atoms with Crippen LogP contribution in [-0.4, -0.2) is 21.9 Å². The van der Waals surface area contributed by atoms with Gasteiger partial charge < -0.3 is 9.84 Å². The summed E-state index contributed by atoms with van der Waals surface area (Å²) in [6.07, 6.45) is 1.97. The van der Waals surface area contributed by atoms with Crippen molar-refractivity contribution in [1.82, 2.24) is 15.5 Å². The highest BCUT2D eigenvalue weighted by Crippen LogP contribution is 2.43. The fraction of sp³-hybridized carbons (Fsp3) is 0.538. The predicted molar refractivity (Wildman–Crippen MR) is 77.7 cm³/mol. The van der Waals surface area contributed by atoms with Crippen molar-refractivity contribution in [2.24, 2.45) is 0 Å². The van der Waals surface area contributed by atoms with Crippen LogP contribution in [0, 0.1) is 6.92 Å². The van der Waals surface area contributed by atoms with Gasteiger partial charge in [0.2, 0.25) is 5.89 Å². The molecule has 0 bridgehead atoms. The molecule has 2 aromatic rings. The third kappa shape index (κ3) is 3.01. The van der Waals surface area contributed by atoms with Gasteiger partial charge in [-0.3, -0.25) is 0 Å². The third-order valence-corrected chi connectivity index (χ3v) is 5.55. The van der Waals surface area contributed by atoms with Crippen molar-refractivity contribution in [2.75, 3.05) is 6.54 Å². The third-order valence-electron chi connectivity index (χ3n) is 3.21. The number of hydrogen-bond acceptors (Lipinski definition) is 6. The SMILES string of the molecule is Cc1noc(CCNC2C[C@H](C)Sc3sccc32)n1. The van der Waals surface area contributed by atoms with Crippen molar-refractivity contribution in [2.45, 2.75) is 42.2 Å². The van der Waals surface area contributed by atoms with E-state index in [4.69, 9.17) is 4.52 Å². The Morgan fingerprint density at radius 1 is 1.53 bits per heavy atom. The fourth-order valence-corrected chi connectivity index (χ4v) is 4.90. The lowest BCUT2D eigenvalue weighted by molar-refractivity contribution is 0.367. The number of aryl methyl sites for hydroxylation is 1. The number of hydrogen-bond donors (Lipinski definition) is 1. The summed E-state index contributed by atoms with van der Waals surface area (Å²) < 4.78 is 6.59. The molecule has 1 unspecified atom stereocenters. The Hall–Kier alpha value is -0.850. The second-order valence-electron chi connectivity index (χ2n) is 4.82. The van der Waals surface area contributed by atoms with Gasteiger partial charge in [0, 0.05) is 24.3 Å². The Morgan fingerprint density at radius 2 is 2.42 bits per heavy atom. The van der Waals surface area contributed by atoms with Crippen LogP contribution < -0.4 is 5.32 Å². The van der Waals surface area contributed by atoms with Gasteiger partial charge in [0.25, 0.3) is 0 Å². The zero-order chi connectivity index (χ0) is 13.2. The molecular weight excluding hydrogens is 278 g/mol. The average molecular weight is 295 g/mol. The minimum absolute atomic E-state index is 0.460. The van der Waals surface area contributed by atoms with Gasteiger partial charge in [-0.05, 0) is 30.4 Å². The molecule has 0 radical (unpaired) electrons. The molecule has 19 heavy (non-hydrogen) atoms. The highest BCUT2D eigenvalue weighted by molar-refractivity contribution is 8.01. The Kier molecular flexibility index (Phi) is 3.91. The first-order chi connectivity index (χ1) is 9.22. The molecule has 0 spiro atoms. The molecule has 3 heterocycles. The Balaban J connectivity index is 1.59. The Labute approximate surface area is 121 Å². The van der Waals surface area contributed by atoms with Crippen LogP contribution in [0.3, 0.4) is 0 Å². The predicted octanol–water partition coefficient (Wildman–Crippen LogP) is 3.20. The summed E-state index contributed by atoms with van der Waals surface area (Å²) in [6, 6.07) is 2.70. The zero-order valence-corrected chi connectivity index (χ0v) is 12.7. The first kappa shape index (κ1) is 13.1. The van der Waals surface area contributed by atoms with E-state index in [0.29, 0.717) is 23.0 Å². The van der Waals surface area contributed by atoms with Gasteiger partial charge in [0.05, 0.1) is 4.21 Å². The number of thioether (sulfide) groups is 1. The maximum Gasteiger partial charge on any atom is 0.227 e. The maximum atomic E-state index is 5.13. The first-order valence-corrected chi connectivity index (χ1v) is 8.25. The molecule has 1 N–H and O–H groups in total. The molecule has 0 saturated heterocycles.